The van der Waals surface area contributed by atoms with Crippen molar-refractivity contribution in [2.75, 3.05) is 13.7 Å². The molecule has 3 rings (SSSR count). The molecule has 0 radical (unpaired) electrons. The average Bonchev–Trinajstić information content (AvgIpc) is 2.85. The summed E-state index contributed by atoms with van der Waals surface area (Å²) in [5.74, 6) is -1.19. The number of carbonyl (C=O) groups excluding carboxylic acids is 1. The Morgan fingerprint density at radius 3 is 2.32 bits per heavy atom. The van der Waals surface area contributed by atoms with Gasteiger partial charge in [-0.05, 0) is 58.7 Å². The molecule has 0 aliphatic heterocycles. The van der Waals surface area contributed by atoms with E-state index in [1.54, 1.807) is 30.3 Å². The molecule has 6 nitrogen and oxygen atoms in total. The zero-order valence-electron chi connectivity index (χ0n) is 19.9. The normalized spacial score (nSPS) is 11.3. The standard InChI is InChI=1S/C27H25ClF3NO5/c1-36-24-9-4-18(13-25(33)34)12-23(24)22-14-20(27(29,30)31)6-5-19(22)15-32-11-10-26(35)37-16-17-2-7-21(28)8-3-17/h2-9,12,14,32H,10-11,13,15-16H2,1H3,(H,33,34). The summed E-state index contributed by atoms with van der Waals surface area (Å²) in [5.41, 5.74) is 1.47. The minimum absolute atomic E-state index is 0.0565. The largest absolute Gasteiger partial charge is 0.496 e. The number of esters is 1. The number of rotatable bonds is 11. The minimum atomic E-state index is -4.57. The second-order valence-corrected chi connectivity index (χ2v) is 8.63. The first-order valence-electron chi connectivity index (χ1n) is 11.3. The molecular formula is C27H25ClF3NO5. The van der Waals surface area contributed by atoms with Gasteiger partial charge in [0.1, 0.15) is 12.4 Å². The SMILES string of the molecule is COc1ccc(CC(=O)O)cc1-c1cc(C(F)(F)F)ccc1CNCCC(=O)OCc1ccc(Cl)cc1. The lowest BCUT2D eigenvalue weighted by molar-refractivity contribution is -0.145. The highest BCUT2D eigenvalue weighted by molar-refractivity contribution is 6.30. The number of aliphatic carboxylic acids is 1. The van der Waals surface area contributed by atoms with Crippen molar-refractivity contribution >= 4 is 23.5 Å². The minimum Gasteiger partial charge on any atom is -0.496 e. The quantitative estimate of drug-likeness (QED) is 0.235. The maximum atomic E-state index is 13.5. The summed E-state index contributed by atoms with van der Waals surface area (Å²) in [6, 6.07) is 14.8. The van der Waals surface area contributed by atoms with Crippen LogP contribution in [0.15, 0.2) is 60.7 Å². The van der Waals surface area contributed by atoms with E-state index in [2.05, 4.69) is 5.32 Å². The zero-order valence-corrected chi connectivity index (χ0v) is 20.7. The molecule has 196 valence electrons. The van der Waals surface area contributed by atoms with Gasteiger partial charge in [-0.1, -0.05) is 35.9 Å². The van der Waals surface area contributed by atoms with Crippen molar-refractivity contribution in [1.82, 2.24) is 5.32 Å². The first kappa shape index (κ1) is 28.0. The summed E-state index contributed by atoms with van der Waals surface area (Å²) in [7, 11) is 1.39. The number of hydrogen-bond donors (Lipinski definition) is 2. The van der Waals surface area contributed by atoms with Crippen LogP contribution in [0.25, 0.3) is 11.1 Å². The number of benzene rings is 3. The third-order valence-corrected chi connectivity index (χ3v) is 5.73. The van der Waals surface area contributed by atoms with Crippen molar-refractivity contribution in [2.45, 2.75) is 32.2 Å². The number of ether oxygens (including phenoxy) is 2. The summed E-state index contributed by atoms with van der Waals surface area (Å²) in [4.78, 5) is 23.2. The Morgan fingerprint density at radius 1 is 0.973 bits per heavy atom. The molecule has 37 heavy (non-hydrogen) atoms. The van der Waals surface area contributed by atoms with Gasteiger partial charge in [-0.3, -0.25) is 9.59 Å². The first-order valence-corrected chi connectivity index (χ1v) is 11.6. The molecule has 0 fully saturated rings. The van der Waals surface area contributed by atoms with Crippen LogP contribution in [0.4, 0.5) is 13.2 Å². The first-order chi connectivity index (χ1) is 17.6. The van der Waals surface area contributed by atoms with E-state index in [1.165, 1.54) is 25.3 Å². The Kier molecular flexibility index (Phi) is 9.54. The van der Waals surface area contributed by atoms with Crippen LogP contribution in [0.2, 0.25) is 5.02 Å². The molecule has 0 spiro atoms. The Hall–Kier alpha value is -3.56. The number of halogens is 4. The predicted octanol–water partition coefficient (Wildman–Crippen LogP) is 5.88. The highest BCUT2D eigenvalue weighted by Crippen LogP contribution is 2.38. The van der Waals surface area contributed by atoms with E-state index in [9.17, 15) is 22.8 Å². The van der Waals surface area contributed by atoms with Gasteiger partial charge in [0.2, 0.25) is 0 Å². The van der Waals surface area contributed by atoms with Crippen molar-refractivity contribution in [2.24, 2.45) is 0 Å². The molecule has 0 heterocycles. The molecular weight excluding hydrogens is 511 g/mol. The lowest BCUT2D eigenvalue weighted by atomic mass is 9.94. The fourth-order valence-electron chi connectivity index (χ4n) is 3.64. The number of methoxy groups -OCH3 is 1. The van der Waals surface area contributed by atoms with Crippen LogP contribution in [-0.2, 0) is 40.1 Å². The van der Waals surface area contributed by atoms with Crippen LogP contribution in [-0.4, -0.2) is 30.7 Å². The van der Waals surface area contributed by atoms with Crippen LogP contribution in [0.3, 0.4) is 0 Å². The third-order valence-electron chi connectivity index (χ3n) is 5.48. The van der Waals surface area contributed by atoms with Gasteiger partial charge in [0.25, 0.3) is 0 Å². The fraction of sp³-hybridized carbons (Fsp3) is 0.259. The second kappa shape index (κ2) is 12.6. The Balaban J connectivity index is 1.73. The Morgan fingerprint density at radius 2 is 1.68 bits per heavy atom. The van der Waals surface area contributed by atoms with Gasteiger partial charge in [0.05, 0.1) is 25.5 Å². The van der Waals surface area contributed by atoms with E-state index in [0.717, 1.165) is 17.7 Å². The zero-order chi connectivity index (χ0) is 27.0. The van der Waals surface area contributed by atoms with Crippen LogP contribution < -0.4 is 10.1 Å². The lowest BCUT2D eigenvalue weighted by Crippen LogP contribution is -2.19. The number of carboxylic acid groups (broad SMARTS) is 1. The van der Waals surface area contributed by atoms with Gasteiger partial charge in [0.15, 0.2) is 0 Å². The summed E-state index contributed by atoms with van der Waals surface area (Å²) in [6.45, 7) is 0.492. The Bertz CT molecular complexity index is 1250. The van der Waals surface area contributed by atoms with Gasteiger partial charge in [-0.25, -0.2) is 0 Å². The monoisotopic (exact) mass is 535 g/mol. The van der Waals surface area contributed by atoms with Crippen LogP contribution in [0.1, 0.15) is 28.7 Å². The molecule has 0 atom stereocenters. The summed E-state index contributed by atoms with van der Waals surface area (Å²) < 4.78 is 51.0. The molecule has 0 saturated heterocycles. The average molecular weight is 536 g/mol. The van der Waals surface area contributed by atoms with Gasteiger partial charge in [-0.15, -0.1) is 0 Å². The molecule has 0 saturated carbocycles. The number of alkyl halides is 3. The lowest BCUT2D eigenvalue weighted by Gasteiger charge is -2.17. The summed E-state index contributed by atoms with van der Waals surface area (Å²) in [6.07, 6.45) is -4.80. The van der Waals surface area contributed by atoms with E-state index >= 15 is 0 Å². The summed E-state index contributed by atoms with van der Waals surface area (Å²) in [5, 5.41) is 12.8. The molecule has 0 amide bonds. The fourth-order valence-corrected chi connectivity index (χ4v) is 3.76. The number of hydrogen-bond acceptors (Lipinski definition) is 5. The van der Waals surface area contributed by atoms with E-state index in [1.807, 2.05) is 0 Å². The molecule has 3 aromatic rings. The van der Waals surface area contributed by atoms with Crippen molar-refractivity contribution in [3.05, 3.63) is 87.9 Å². The highest BCUT2D eigenvalue weighted by Gasteiger charge is 2.31. The van der Waals surface area contributed by atoms with Gasteiger partial charge < -0.3 is 19.9 Å². The molecule has 0 aliphatic carbocycles. The van der Waals surface area contributed by atoms with E-state index in [-0.39, 0.29) is 38.1 Å². The van der Waals surface area contributed by atoms with Gasteiger partial charge >= 0.3 is 18.1 Å². The van der Waals surface area contributed by atoms with Crippen molar-refractivity contribution in [3.8, 4) is 16.9 Å². The highest BCUT2D eigenvalue weighted by atomic mass is 35.5. The number of carboxylic acids is 1. The van der Waals surface area contributed by atoms with Crippen molar-refractivity contribution in [1.29, 1.82) is 0 Å². The van der Waals surface area contributed by atoms with Crippen LogP contribution in [0, 0.1) is 0 Å². The van der Waals surface area contributed by atoms with E-state index < -0.39 is 23.7 Å². The maximum Gasteiger partial charge on any atom is 0.416 e. The second-order valence-electron chi connectivity index (χ2n) is 8.19. The Labute approximate surface area is 217 Å². The van der Waals surface area contributed by atoms with E-state index in [0.29, 0.717) is 27.5 Å². The van der Waals surface area contributed by atoms with Gasteiger partial charge in [0, 0.05) is 23.7 Å². The third kappa shape index (κ3) is 8.23. The maximum absolute atomic E-state index is 13.5. The number of carbonyl (C=O) groups is 2. The number of nitrogens with one attached hydrogen (secondary N) is 1. The summed E-state index contributed by atoms with van der Waals surface area (Å²) >= 11 is 5.83. The molecule has 0 aliphatic rings. The molecule has 10 heteroatoms. The van der Waals surface area contributed by atoms with Crippen LogP contribution in [0.5, 0.6) is 5.75 Å². The molecule has 0 unspecified atom stereocenters. The molecule has 2 N–H and O–H groups in total. The van der Waals surface area contributed by atoms with Crippen molar-refractivity contribution in [3.63, 3.8) is 0 Å². The molecule has 0 bridgehead atoms. The van der Waals surface area contributed by atoms with Crippen molar-refractivity contribution < 1.29 is 37.3 Å². The van der Waals surface area contributed by atoms with E-state index in [4.69, 9.17) is 26.2 Å². The topological polar surface area (TPSA) is 84.9 Å². The predicted molar refractivity (Wildman–Crippen MR) is 132 cm³/mol. The molecule has 3 aromatic carbocycles. The van der Waals surface area contributed by atoms with Crippen LogP contribution >= 0.6 is 11.6 Å². The molecule has 0 aromatic heterocycles. The smallest absolute Gasteiger partial charge is 0.416 e. The van der Waals surface area contributed by atoms with Gasteiger partial charge in [-0.2, -0.15) is 13.2 Å².